The topological polar surface area (TPSA) is 43.2 Å². The van der Waals surface area contributed by atoms with Crippen LogP contribution < -0.4 is 4.90 Å². The molecule has 2 heterocycles. The maximum absolute atomic E-state index is 13.2. The van der Waals surface area contributed by atoms with Crippen LogP contribution in [0.15, 0.2) is 42.6 Å². The molecule has 1 saturated heterocycles. The van der Waals surface area contributed by atoms with Gasteiger partial charge in [-0.15, -0.1) is 0 Å². The highest BCUT2D eigenvalue weighted by Crippen LogP contribution is 2.22. The molecule has 1 aromatic carbocycles. The number of aromatic nitrogens is 1. The molecule has 2 aromatic rings. The summed E-state index contributed by atoms with van der Waals surface area (Å²) in [6.45, 7) is 4.29. The fourth-order valence-corrected chi connectivity index (χ4v) is 2.74. The summed E-state index contributed by atoms with van der Waals surface area (Å²) in [5.74, 6) is -0.367. The minimum absolute atomic E-state index is 0.367. The van der Waals surface area contributed by atoms with Crippen LogP contribution in [0.3, 0.4) is 0 Å². The summed E-state index contributed by atoms with van der Waals surface area (Å²) in [7, 11) is 0. The molecule has 0 amide bonds. The van der Waals surface area contributed by atoms with Crippen LogP contribution in [0.4, 0.5) is 10.1 Å². The first-order valence-electron chi connectivity index (χ1n) is 7.33. The zero-order chi connectivity index (χ0) is 15.4. The fraction of sp³-hybridized carbons (Fsp3) is 0.294. The number of piperazine rings is 1. The second-order valence-electron chi connectivity index (χ2n) is 5.36. The first-order valence-corrected chi connectivity index (χ1v) is 7.33. The van der Waals surface area contributed by atoms with Crippen molar-refractivity contribution in [3.63, 3.8) is 0 Å². The van der Waals surface area contributed by atoms with Crippen molar-refractivity contribution in [2.24, 2.45) is 0 Å². The first kappa shape index (κ1) is 14.5. The quantitative estimate of drug-likeness (QED) is 0.872. The highest BCUT2D eigenvalue weighted by molar-refractivity contribution is 5.59. The van der Waals surface area contributed by atoms with Gasteiger partial charge in [0.1, 0.15) is 11.9 Å². The molecule has 5 heteroatoms. The number of rotatable bonds is 3. The Morgan fingerprint density at radius 1 is 1.14 bits per heavy atom. The Morgan fingerprint density at radius 3 is 2.64 bits per heavy atom. The Kier molecular flexibility index (Phi) is 4.31. The number of hydrogen-bond acceptors (Lipinski definition) is 4. The highest BCUT2D eigenvalue weighted by atomic mass is 19.1. The van der Waals surface area contributed by atoms with E-state index < -0.39 is 0 Å². The van der Waals surface area contributed by atoms with Gasteiger partial charge in [-0.1, -0.05) is 6.07 Å². The molecule has 1 aromatic heterocycles. The van der Waals surface area contributed by atoms with Crippen LogP contribution in [-0.2, 0) is 6.54 Å². The van der Waals surface area contributed by atoms with Gasteiger partial charge in [0.05, 0.1) is 16.9 Å². The third kappa shape index (κ3) is 3.23. The molecule has 0 unspecified atom stereocenters. The van der Waals surface area contributed by atoms with Gasteiger partial charge in [-0.25, -0.2) is 4.39 Å². The number of benzene rings is 1. The average molecular weight is 296 g/mol. The second-order valence-corrected chi connectivity index (χ2v) is 5.36. The Morgan fingerprint density at radius 2 is 1.95 bits per heavy atom. The Balaban J connectivity index is 1.64. The van der Waals surface area contributed by atoms with Gasteiger partial charge in [-0.05, 0) is 30.3 Å². The zero-order valence-electron chi connectivity index (χ0n) is 12.2. The van der Waals surface area contributed by atoms with Crippen LogP contribution in [-0.4, -0.2) is 36.1 Å². The summed E-state index contributed by atoms with van der Waals surface area (Å²) in [4.78, 5) is 8.83. The van der Waals surface area contributed by atoms with Crippen molar-refractivity contribution >= 4 is 5.69 Å². The van der Waals surface area contributed by atoms with Crippen molar-refractivity contribution in [1.82, 2.24) is 9.88 Å². The number of nitriles is 1. The molecule has 0 aliphatic carbocycles. The summed E-state index contributed by atoms with van der Waals surface area (Å²) in [5.41, 5.74) is 2.29. The Labute approximate surface area is 129 Å². The van der Waals surface area contributed by atoms with Crippen molar-refractivity contribution in [3.05, 3.63) is 59.7 Å². The van der Waals surface area contributed by atoms with E-state index in [-0.39, 0.29) is 5.82 Å². The normalized spacial score (nSPS) is 15.5. The van der Waals surface area contributed by atoms with Crippen LogP contribution >= 0.6 is 0 Å². The summed E-state index contributed by atoms with van der Waals surface area (Å²) in [6, 6.07) is 12.4. The van der Waals surface area contributed by atoms with Gasteiger partial charge in [0.2, 0.25) is 0 Å². The van der Waals surface area contributed by atoms with E-state index in [0.29, 0.717) is 5.56 Å². The third-order valence-corrected chi connectivity index (χ3v) is 3.90. The molecule has 1 aliphatic heterocycles. The molecular weight excluding hydrogens is 279 g/mol. The molecule has 112 valence electrons. The summed E-state index contributed by atoms with van der Waals surface area (Å²) in [6.07, 6.45) is 1.81. The standard InChI is InChI=1S/C17H17FN4/c18-15-4-5-17(14(11-15)12-19)22-9-7-21(8-10-22)13-16-3-1-2-6-20-16/h1-6,11H,7-10,13H2. The minimum Gasteiger partial charge on any atom is -0.368 e. The van der Waals surface area contributed by atoms with Crippen molar-refractivity contribution in [3.8, 4) is 6.07 Å². The lowest BCUT2D eigenvalue weighted by Gasteiger charge is -2.36. The predicted molar refractivity (Wildman–Crippen MR) is 82.8 cm³/mol. The smallest absolute Gasteiger partial charge is 0.124 e. The van der Waals surface area contributed by atoms with Gasteiger partial charge >= 0.3 is 0 Å². The summed E-state index contributed by atoms with van der Waals surface area (Å²) >= 11 is 0. The largest absolute Gasteiger partial charge is 0.368 e. The van der Waals surface area contributed by atoms with Crippen molar-refractivity contribution in [2.45, 2.75) is 6.54 Å². The van der Waals surface area contributed by atoms with Crippen LogP contribution in [0.5, 0.6) is 0 Å². The van der Waals surface area contributed by atoms with Gasteiger partial charge in [0, 0.05) is 38.9 Å². The Bertz CT molecular complexity index is 673. The monoisotopic (exact) mass is 296 g/mol. The lowest BCUT2D eigenvalue weighted by atomic mass is 10.1. The summed E-state index contributed by atoms with van der Waals surface area (Å²) < 4.78 is 13.2. The third-order valence-electron chi connectivity index (χ3n) is 3.90. The second kappa shape index (κ2) is 6.54. The molecule has 1 aliphatic rings. The van der Waals surface area contributed by atoms with Crippen LogP contribution in [0, 0.1) is 17.1 Å². The van der Waals surface area contributed by atoms with E-state index in [2.05, 4.69) is 20.9 Å². The van der Waals surface area contributed by atoms with E-state index in [1.807, 2.05) is 24.4 Å². The lowest BCUT2D eigenvalue weighted by Crippen LogP contribution is -2.46. The van der Waals surface area contributed by atoms with Gasteiger partial charge in [-0.2, -0.15) is 5.26 Å². The SMILES string of the molecule is N#Cc1cc(F)ccc1N1CCN(Cc2ccccn2)CC1. The van der Waals surface area contributed by atoms with Crippen molar-refractivity contribution in [1.29, 1.82) is 5.26 Å². The lowest BCUT2D eigenvalue weighted by molar-refractivity contribution is 0.247. The molecule has 0 spiro atoms. The van der Waals surface area contributed by atoms with Gasteiger partial charge < -0.3 is 4.90 Å². The highest BCUT2D eigenvalue weighted by Gasteiger charge is 2.19. The van der Waals surface area contributed by atoms with Gasteiger partial charge in [0.25, 0.3) is 0 Å². The average Bonchev–Trinajstić information content (AvgIpc) is 2.56. The molecule has 0 bridgehead atoms. The van der Waals surface area contributed by atoms with E-state index in [1.165, 1.54) is 12.1 Å². The molecule has 3 rings (SSSR count). The molecule has 1 fully saturated rings. The number of anilines is 1. The van der Waals surface area contributed by atoms with E-state index >= 15 is 0 Å². The van der Waals surface area contributed by atoms with Crippen molar-refractivity contribution in [2.75, 3.05) is 31.1 Å². The molecule has 0 N–H and O–H groups in total. The maximum atomic E-state index is 13.2. The molecule has 0 saturated carbocycles. The minimum atomic E-state index is -0.367. The first-order chi connectivity index (χ1) is 10.8. The van der Waals surface area contributed by atoms with Crippen LogP contribution in [0.25, 0.3) is 0 Å². The zero-order valence-corrected chi connectivity index (χ0v) is 12.2. The molecule has 22 heavy (non-hydrogen) atoms. The molecule has 0 radical (unpaired) electrons. The van der Waals surface area contributed by atoms with E-state index in [0.717, 1.165) is 44.1 Å². The van der Waals surface area contributed by atoms with Gasteiger partial charge in [-0.3, -0.25) is 9.88 Å². The molecular formula is C17H17FN4. The van der Waals surface area contributed by atoms with Crippen molar-refractivity contribution < 1.29 is 4.39 Å². The molecule has 0 atom stereocenters. The predicted octanol–water partition coefficient (Wildman–Crippen LogP) is 2.41. The van der Waals surface area contributed by atoms with Crippen LogP contribution in [0.1, 0.15) is 11.3 Å². The summed E-state index contributed by atoms with van der Waals surface area (Å²) in [5, 5.41) is 9.16. The van der Waals surface area contributed by atoms with Crippen LogP contribution in [0.2, 0.25) is 0 Å². The number of halogens is 1. The Hall–Kier alpha value is -2.45. The number of pyridine rings is 1. The van der Waals surface area contributed by atoms with Gasteiger partial charge in [0.15, 0.2) is 0 Å². The fourth-order valence-electron chi connectivity index (χ4n) is 2.74. The maximum Gasteiger partial charge on any atom is 0.124 e. The molecule has 4 nitrogen and oxygen atoms in total. The van der Waals surface area contributed by atoms with E-state index in [4.69, 9.17) is 5.26 Å². The van der Waals surface area contributed by atoms with E-state index in [1.54, 1.807) is 6.07 Å². The van der Waals surface area contributed by atoms with E-state index in [9.17, 15) is 4.39 Å². The number of hydrogen-bond donors (Lipinski definition) is 0. The number of nitrogens with zero attached hydrogens (tertiary/aromatic N) is 4.